The molecule has 0 saturated carbocycles. The molecule has 3 N–H and O–H groups in total. The first-order chi connectivity index (χ1) is 11.9. The number of hydrogen-bond donors (Lipinski definition) is 2. The molecule has 1 aromatic rings. The molecule has 0 radical (unpaired) electrons. The largest absolute Gasteiger partial charge is 0.477 e. The van der Waals surface area contributed by atoms with Gasteiger partial charge in [0.25, 0.3) is 0 Å². The summed E-state index contributed by atoms with van der Waals surface area (Å²) < 4.78 is 5.36. The summed E-state index contributed by atoms with van der Waals surface area (Å²) in [4.78, 5) is 8.69. The van der Waals surface area contributed by atoms with Crippen molar-refractivity contribution in [2.45, 2.75) is 6.10 Å². The normalized spacial score (nSPS) is 18.6. The maximum atomic E-state index is 10.1. The summed E-state index contributed by atoms with van der Waals surface area (Å²) in [6.45, 7) is 4.67. The molecule has 0 aromatic heterocycles. The van der Waals surface area contributed by atoms with E-state index < -0.39 is 6.10 Å². The van der Waals surface area contributed by atoms with Gasteiger partial charge in [0, 0.05) is 45.0 Å². The van der Waals surface area contributed by atoms with Gasteiger partial charge in [0.1, 0.15) is 12.7 Å². The summed E-state index contributed by atoms with van der Waals surface area (Å²) in [6, 6.07) is 5.08. The zero-order valence-corrected chi connectivity index (χ0v) is 15.7. The highest BCUT2D eigenvalue weighted by Crippen LogP contribution is 2.26. The van der Waals surface area contributed by atoms with Gasteiger partial charge in [-0.25, -0.2) is 0 Å². The van der Waals surface area contributed by atoms with E-state index in [0.29, 0.717) is 22.3 Å². The molecule has 1 heterocycles. The number of benzene rings is 1. The number of β-amino-alcohol motifs (C(OH)–C–C–N with tert-alkyl or cyclic N) is 1. The first kappa shape index (κ1) is 20.0. The monoisotopic (exact) mass is 386 g/mol. The van der Waals surface area contributed by atoms with Gasteiger partial charge in [-0.3, -0.25) is 9.89 Å². The van der Waals surface area contributed by atoms with Crippen LogP contribution in [0.4, 0.5) is 5.69 Å². The molecule has 25 heavy (non-hydrogen) atoms. The molecule has 1 atom stereocenters. The van der Waals surface area contributed by atoms with Gasteiger partial charge in [-0.2, -0.15) is 0 Å². The van der Waals surface area contributed by atoms with Crippen LogP contribution < -0.4 is 5.73 Å². The van der Waals surface area contributed by atoms with E-state index in [9.17, 15) is 5.11 Å². The first-order valence-corrected chi connectivity index (χ1v) is 8.86. The molecular weight excluding hydrogens is 363 g/mol. The van der Waals surface area contributed by atoms with Crippen LogP contribution in [0.15, 0.2) is 35.2 Å². The molecule has 1 unspecified atom stereocenters. The van der Waals surface area contributed by atoms with Crippen LogP contribution in [0.5, 0.6) is 0 Å². The van der Waals surface area contributed by atoms with E-state index in [0.717, 1.165) is 26.2 Å². The number of piperazine rings is 1. The summed E-state index contributed by atoms with van der Waals surface area (Å²) in [7, 11) is 2.10. The predicted octanol–water partition coefficient (Wildman–Crippen LogP) is 2.12. The molecule has 0 spiro atoms. The lowest BCUT2D eigenvalue weighted by Crippen LogP contribution is -2.47. The van der Waals surface area contributed by atoms with E-state index in [-0.39, 0.29) is 12.5 Å². The number of allylic oxidation sites excluding steroid dienone is 1. The van der Waals surface area contributed by atoms with Crippen molar-refractivity contribution in [2.75, 3.05) is 46.4 Å². The van der Waals surface area contributed by atoms with E-state index >= 15 is 0 Å². The summed E-state index contributed by atoms with van der Waals surface area (Å²) in [6.07, 6.45) is 2.47. The molecule has 0 amide bonds. The molecular formula is C17H24Cl2N4O2. The van der Waals surface area contributed by atoms with E-state index in [1.54, 1.807) is 18.2 Å². The summed E-state index contributed by atoms with van der Waals surface area (Å²) >= 11 is 11.8. The maximum absolute atomic E-state index is 10.1. The molecule has 6 nitrogen and oxygen atoms in total. The van der Waals surface area contributed by atoms with Crippen LogP contribution in [0, 0.1) is 0 Å². The minimum Gasteiger partial charge on any atom is -0.477 e. The zero-order valence-electron chi connectivity index (χ0n) is 14.2. The van der Waals surface area contributed by atoms with Crippen LogP contribution >= 0.6 is 23.2 Å². The van der Waals surface area contributed by atoms with Gasteiger partial charge in [-0.05, 0) is 25.2 Å². The standard InChI is InChI=1S/C17H24Cl2N4O2/c1-22-6-8-23(9-7-22)11-14(24)12-25-17(20)4-5-21-13-2-3-15(18)16(19)10-13/h2-5,10,14,24H,6-9,11-12,20H2,1H3. The Morgan fingerprint density at radius 2 is 2.04 bits per heavy atom. The number of aliphatic imine (C=N–C) groups is 1. The second-order valence-electron chi connectivity index (χ2n) is 6.01. The van der Waals surface area contributed by atoms with Crippen molar-refractivity contribution in [2.24, 2.45) is 10.7 Å². The SMILES string of the molecule is CN1CCN(CC(O)COC(N)=CC=Nc2ccc(Cl)c(Cl)c2)CC1. The Hall–Kier alpha value is -1.31. The predicted molar refractivity (Wildman–Crippen MR) is 103 cm³/mol. The highest BCUT2D eigenvalue weighted by molar-refractivity contribution is 6.42. The number of halogens is 2. The molecule has 1 aromatic carbocycles. The van der Waals surface area contributed by atoms with E-state index in [1.807, 2.05) is 0 Å². The van der Waals surface area contributed by atoms with Gasteiger partial charge in [0.2, 0.25) is 0 Å². The Morgan fingerprint density at radius 3 is 2.72 bits per heavy atom. The van der Waals surface area contributed by atoms with Crippen LogP contribution in [0.25, 0.3) is 0 Å². The maximum Gasteiger partial charge on any atom is 0.185 e. The number of aliphatic hydroxyl groups excluding tert-OH is 1. The fraction of sp³-hybridized carbons (Fsp3) is 0.471. The van der Waals surface area contributed by atoms with Gasteiger partial charge in [-0.1, -0.05) is 23.2 Å². The number of nitrogens with two attached hydrogens (primary N) is 1. The Morgan fingerprint density at radius 1 is 1.32 bits per heavy atom. The van der Waals surface area contributed by atoms with Crippen molar-refractivity contribution in [1.29, 1.82) is 0 Å². The number of rotatable bonds is 7. The van der Waals surface area contributed by atoms with Crippen LogP contribution in [-0.4, -0.2) is 73.6 Å². The second kappa shape index (κ2) is 9.99. The lowest BCUT2D eigenvalue weighted by molar-refractivity contribution is 0.0303. The number of ether oxygens (including phenoxy) is 1. The third-order valence-corrected chi connectivity index (χ3v) is 4.61. The van der Waals surface area contributed by atoms with Gasteiger partial charge < -0.3 is 20.5 Å². The van der Waals surface area contributed by atoms with Crippen molar-refractivity contribution in [3.8, 4) is 0 Å². The van der Waals surface area contributed by atoms with Gasteiger partial charge in [0.15, 0.2) is 5.88 Å². The zero-order chi connectivity index (χ0) is 18.2. The molecule has 1 saturated heterocycles. The molecule has 138 valence electrons. The Balaban J connectivity index is 1.73. The van der Waals surface area contributed by atoms with Crippen molar-refractivity contribution < 1.29 is 9.84 Å². The van der Waals surface area contributed by atoms with Gasteiger partial charge in [-0.15, -0.1) is 0 Å². The second-order valence-corrected chi connectivity index (χ2v) is 6.83. The lowest BCUT2D eigenvalue weighted by Gasteiger charge is -2.33. The van der Waals surface area contributed by atoms with Crippen molar-refractivity contribution in [3.05, 3.63) is 40.2 Å². The summed E-state index contributed by atoms with van der Waals surface area (Å²) in [5.41, 5.74) is 6.42. The minimum atomic E-state index is -0.581. The molecule has 8 heteroatoms. The topological polar surface area (TPSA) is 74.3 Å². The van der Waals surface area contributed by atoms with Crippen molar-refractivity contribution in [3.63, 3.8) is 0 Å². The average molecular weight is 387 g/mol. The fourth-order valence-corrected chi connectivity index (χ4v) is 2.68. The van der Waals surface area contributed by atoms with E-state index in [4.69, 9.17) is 33.7 Å². The Bertz CT molecular complexity index is 617. The summed E-state index contributed by atoms with van der Waals surface area (Å²) in [5.74, 6) is 0.196. The quantitative estimate of drug-likeness (QED) is 0.554. The molecule has 2 rings (SSSR count). The van der Waals surface area contributed by atoms with E-state index in [1.165, 1.54) is 12.3 Å². The smallest absolute Gasteiger partial charge is 0.185 e. The van der Waals surface area contributed by atoms with Gasteiger partial charge in [0.05, 0.1) is 15.7 Å². The van der Waals surface area contributed by atoms with Crippen LogP contribution in [0.3, 0.4) is 0 Å². The Kier molecular flexibility index (Phi) is 7.99. The molecule has 1 aliphatic rings. The van der Waals surface area contributed by atoms with Crippen molar-refractivity contribution >= 4 is 35.1 Å². The van der Waals surface area contributed by atoms with Gasteiger partial charge >= 0.3 is 0 Å². The number of aliphatic hydroxyl groups is 1. The van der Waals surface area contributed by atoms with Crippen LogP contribution in [0.1, 0.15) is 0 Å². The molecule has 0 aliphatic carbocycles. The summed E-state index contributed by atoms with van der Waals surface area (Å²) in [5, 5.41) is 11.0. The highest BCUT2D eigenvalue weighted by Gasteiger charge is 2.17. The van der Waals surface area contributed by atoms with Crippen molar-refractivity contribution in [1.82, 2.24) is 9.80 Å². The molecule has 0 bridgehead atoms. The number of likely N-dealkylation sites (N-methyl/N-ethyl adjacent to an activating group) is 1. The minimum absolute atomic E-state index is 0.148. The average Bonchev–Trinajstić information content (AvgIpc) is 2.58. The number of hydrogen-bond acceptors (Lipinski definition) is 6. The third kappa shape index (κ3) is 7.22. The van der Waals surface area contributed by atoms with Crippen LogP contribution in [-0.2, 0) is 4.74 Å². The lowest BCUT2D eigenvalue weighted by atomic mass is 10.3. The molecule has 1 aliphatic heterocycles. The fourth-order valence-electron chi connectivity index (χ4n) is 2.38. The third-order valence-electron chi connectivity index (χ3n) is 3.87. The van der Waals surface area contributed by atoms with E-state index in [2.05, 4.69) is 21.8 Å². The number of nitrogens with zero attached hydrogens (tertiary/aromatic N) is 3. The first-order valence-electron chi connectivity index (χ1n) is 8.10. The Labute approximate surface area is 158 Å². The highest BCUT2D eigenvalue weighted by atomic mass is 35.5. The molecule has 1 fully saturated rings. The van der Waals surface area contributed by atoms with Crippen LogP contribution in [0.2, 0.25) is 10.0 Å².